The first-order valence-electron chi connectivity index (χ1n) is 11.2. The molecule has 178 valence electrons. The van der Waals surface area contributed by atoms with E-state index in [1.807, 2.05) is 45.3 Å². The Bertz CT molecular complexity index is 1190. The highest BCUT2D eigenvalue weighted by atomic mass is 19.1. The number of halogens is 1. The monoisotopic (exact) mass is 461 g/mol. The van der Waals surface area contributed by atoms with Gasteiger partial charge in [0.1, 0.15) is 29.2 Å². The van der Waals surface area contributed by atoms with Crippen LogP contribution in [0.5, 0.6) is 5.75 Å². The molecule has 0 aliphatic carbocycles. The van der Waals surface area contributed by atoms with Gasteiger partial charge >= 0.3 is 0 Å². The van der Waals surface area contributed by atoms with Gasteiger partial charge in [-0.15, -0.1) is 0 Å². The molecule has 0 aliphatic rings. The maximum Gasteiger partial charge on any atom is 0.146 e. The van der Waals surface area contributed by atoms with Crippen LogP contribution in [0.3, 0.4) is 0 Å². The smallest absolute Gasteiger partial charge is 0.146 e. The summed E-state index contributed by atoms with van der Waals surface area (Å²) in [5.74, 6) is 1.09. The second kappa shape index (κ2) is 12.0. The summed E-state index contributed by atoms with van der Waals surface area (Å²) >= 11 is 0. The van der Waals surface area contributed by atoms with Crippen LogP contribution < -0.4 is 10.1 Å². The highest BCUT2D eigenvalue weighted by molar-refractivity contribution is 5.96. The zero-order valence-electron chi connectivity index (χ0n) is 20.3. The van der Waals surface area contributed by atoms with Gasteiger partial charge in [0, 0.05) is 31.2 Å². The van der Waals surface area contributed by atoms with Gasteiger partial charge in [0.05, 0.1) is 6.61 Å². The quantitative estimate of drug-likeness (QED) is 0.236. The Balaban J connectivity index is 1.94. The van der Waals surface area contributed by atoms with Gasteiger partial charge in [-0.1, -0.05) is 24.8 Å². The van der Waals surface area contributed by atoms with Gasteiger partial charge in [-0.25, -0.2) is 14.4 Å². The number of nitrogens with zero attached hydrogens (tertiary/aromatic N) is 4. The van der Waals surface area contributed by atoms with Crippen molar-refractivity contribution in [3.05, 3.63) is 72.8 Å². The topological polar surface area (TPSA) is 62.6 Å². The molecule has 0 radical (unpaired) electrons. The number of ether oxygens (including phenoxy) is 1. The van der Waals surface area contributed by atoms with Crippen molar-refractivity contribution < 1.29 is 9.13 Å². The van der Waals surface area contributed by atoms with Crippen LogP contribution in [0.2, 0.25) is 0 Å². The van der Waals surface area contributed by atoms with Gasteiger partial charge < -0.3 is 15.0 Å². The van der Waals surface area contributed by atoms with Crippen molar-refractivity contribution in [1.82, 2.24) is 14.9 Å². The Morgan fingerprint density at radius 3 is 2.62 bits per heavy atom. The Morgan fingerprint density at radius 1 is 1.15 bits per heavy atom. The largest absolute Gasteiger partial charge is 0.491 e. The molecule has 0 aliphatic heterocycles. The number of aliphatic imine (C=N–C) groups is 1. The lowest BCUT2D eigenvalue weighted by Gasteiger charge is -2.15. The van der Waals surface area contributed by atoms with Crippen LogP contribution in [0, 0.1) is 5.82 Å². The average molecular weight is 462 g/mol. The van der Waals surface area contributed by atoms with Crippen LogP contribution in [-0.4, -0.2) is 61.4 Å². The summed E-state index contributed by atoms with van der Waals surface area (Å²) in [4.78, 5) is 15.2. The second-order valence-corrected chi connectivity index (χ2v) is 8.32. The summed E-state index contributed by atoms with van der Waals surface area (Å²) in [5.41, 5.74) is 4.33. The maximum atomic E-state index is 13.5. The van der Waals surface area contributed by atoms with E-state index in [9.17, 15) is 4.39 Å². The molecule has 0 unspecified atom stereocenters. The van der Waals surface area contributed by atoms with E-state index >= 15 is 0 Å². The fourth-order valence-corrected chi connectivity index (χ4v) is 3.33. The highest BCUT2D eigenvalue weighted by Gasteiger charge is 2.13. The van der Waals surface area contributed by atoms with E-state index in [-0.39, 0.29) is 5.82 Å². The van der Waals surface area contributed by atoms with Gasteiger partial charge in [-0.2, -0.15) is 0 Å². The zero-order valence-corrected chi connectivity index (χ0v) is 20.3. The summed E-state index contributed by atoms with van der Waals surface area (Å²) < 4.78 is 19.7. The van der Waals surface area contributed by atoms with E-state index in [2.05, 4.69) is 31.8 Å². The van der Waals surface area contributed by atoms with E-state index in [4.69, 9.17) is 4.74 Å². The number of anilines is 1. The highest BCUT2D eigenvalue weighted by Crippen LogP contribution is 2.34. The molecule has 1 heterocycles. The average Bonchev–Trinajstić information content (AvgIpc) is 2.83. The molecule has 6 nitrogen and oxygen atoms in total. The fourth-order valence-electron chi connectivity index (χ4n) is 3.33. The van der Waals surface area contributed by atoms with Crippen molar-refractivity contribution in [2.75, 3.05) is 46.2 Å². The summed E-state index contributed by atoms with van der Waals surface area (Å²) in [6.07, 6.45) is 6.27. The number of aromatic nitrogens is 2. The molecule has 0 bridgehead atoms. The lowest BCUT2D eigenvalue weighted by molar-refractivity contribution is 0.284. The van der Waals surface area contributed by atoms with Crippen molar-refractivity contribution in [3.8, 4) is 16.9 Å². The van der Waals surface area contributed by atoms with E-state index in [0.29, 0.717) is 24.7 Å². The van der Waals surface area contributed by atoms with Gasteiger partial charge in [0.2, 0.25) is 0 Å². The minimum absolute atomic E-state index is 0.273. The van der Waals surface area contributed by atoms with Crippen molar-refractivity contribution in [2.24, 2.45) is 4.99 Å². The Labute approximate surface area is 200 Å². The van der Waals surface area contributed by atoms with Crippen molar-refractivity contribution in [3.63, 3.8) is 0 Å². The number of nitrogens with one attached hydrogen (secondary N) is 1. The molecule has 0 fully saturated rings. The maximum absolute atomic E-state index is 13.5. The number of hydrogen-bond donors (Lipinski definition) is 1. The summed E-state index contributed by atoms with van der Waals surface area (Å²) in [6.45, 7) is 8.04. The van der Waals surface area contributed by atoms with E-state index < -0.39 is 0 Å². The molecule has 34 heavy (non-hydrogen) atoms. The van der Waals surface area contributed by atoms with Crippen LogP contribution in [0.4, 0.5) is 10.2 Å². The molecular formula is C27H32FN5O. The van der Waals surface area contributed by atoms with E-state index in [1.165, 1.54) is 18.5 Å². The third-order valence-corrected chi connectivity index (χ3v) is 5.28. The Morgan fingerprint density at radius 2 is 1.91 bits per heavy atom. The Hall–Kier alpha value is -3.58. The first kappa shape index (κ1) is 25.1. The van der Waals surface area contributed by atoms with E-state index in [0.717, 1.165) is 46.3 Å². The molecule has 1 N–H and O–H groups in total. The molecule has 3 aromatic rings. The van der Waals surface area contributed by atoms with Crippen LogP contribution in [0.1, 0.15) is 13.3 Å². The van der Waals surface area contributed by atoms with Crippen LogP contribution in [-0.2, 0) is 0 Å². The minimum Gasteiger partial charge on any atom is -0.491 e. The number of hydrogen-bond acceptors (Lipinski definition) is 6. The van der Waals surface area contributed by atoms with Crippen LogP contribution in [0.15, 0.2) is 72.0 Å². The Kier molecular flexibility index (Phi) is 8.87. The number of fused-ring (bicyclic) bond motifs is 1. The van der Waals surface area contributed by atoms with Crippen molar-refractivity contribution in [1.29, 1.82) is 0 Å². The molecule has 0 saturated carbocycles. The fraction of sp³-hybridized carbons (Fsp3) is 0.296. The molecule has 1 aromatic heterocycles. The predicted octanol–water partition coefficient (Wildman–Crippen LogP) is 5.38. The lowest BCUT2D eigenvalue weighted by atomic mass is 10.0. The molecule has 0 saturated heterocycles. The number of benzene rings is 2. The zero-order chi connectivity index (χ0) is 24.5. The first-order valence-corrected chi connectivity index (χ1v) is 11.2. The SMILES string of the molecule is C=C(/C=C\C(C)=NC)CNc1ncnc2c(OCCCN(C)C)cc(-c3ccc(F)cc3)cc12. The summed E-state index contributed by atoms with van der Waals surface area (Å²) in [6, 6.07) is 10.4. The third kappa shape index (κ3) is 6.96. The molecule has 3 rings (SSSR count). The second-order valence-electron chi connectivity index (χ2n) is 8.32. The molecule has 2 aromatic carbocycles. The molecule has 7 heteroatoms. The van der Waals surface area contributed by atoms with Crippen LogP contribution >= 0.6 is 0 Å². The minimum atomic E-state index is -0.273. The predicted molar refractivity (Wildman–Crippen MR) is 139 cm³/mol. The molecule has 0 amide bonds. The molecule has 0 atom stereocenters. The summed E-state index contributed by atoms with van der Waals surface area (Å²) in [5, 5.41) is 4.19. The lowest BCUT2D eigenvalue weighted by Crippen LogP contribution is -2.15. The number of rotatable bonds is 11. The van der Waals surface area contributed by atoms with E-state index in [1.54, 1.807) is 19.2 Å². The normalized spacial score (nSPS) is 12.0. The standard InChI is InChI=1S/C27H32FN5O/c1-19(7-8-20(2)29-3)17-30-27-24-15-22(21-9-11-23(28)12-10-21)16-25(26(24)31-18-32-27)34-14-6-13-33(4)5/h7-12,15-16,18H,1,6,13-14,17H2,2-5H3,(H,30,31,32)/b8-7-,29-20?. The number of allylic oxidation sites excluding steroid dienone is 1. The van der Waals surface area contributed by atoms with Crippen molar-refractivity contribution in [2.45, 2.75) is 13.3 Å². The van der Waals surface area contributed by atoms with Gasteiger partial charge in [-0.05, 0) is 74.5 Å². The van der Waals surface area contributed by atoms with Crippen LogP contribution in [0.25, 0.3) is 22.0 Å². The third-order valence-electron chi connectivity index (χ3n) is 5.28. The molecule has 0 spiro atoms. The van der Waals surface area contributed by atoms with Gasteiger partial charge in [-0.3, -0.25) is 4.99 Å². The molecular weight excluding hydrogens is 429 g/mol. The summed E-state index contributed by atoms with van der Waals surface area (Å²) in [7, 11) is 5.83. The van der Waals surface area contributed by atoms with Gasteiger partial charge in [0.25, 0.3) is 0 Å². The van der Waals surface area contributed by atoms with Crippen molar-refractivity contribution >= 4 is 22.4 Å². The van der Waals surface area contributed by atoms with Gasteiger partial charge in [0.15, 0.2) is 0 Å². The first-order chi connectivity index (χ1) is 16.4.